The number of esters is 1. The minimum absolute atomic E-state index is 0.00618. The van der Waals surface area contributed by atoms with Gasteiger partial charge >= 0.3 is 5.97 Å². The molecule has 4 rings (SSSR count). The Kier molecular flexibility index (Phi) is 8.79. The van der Waals surface area contributed by atoms with Gasteiger partial charge in [-0.05, 0) is 66.4 Å². The molecule has 2 unspecified atom stereocenters. The van der Waals surface area contributed by atoms with Gasteiger partial charge in [-0.2, -0.15) is 0 Å². The number of ether oxygens (including phenoxy) is 1. The number of carbonyl (C=O) groups is 2. The molecule has 0 saturated carbocycles. The minimum Gasteiger partial charge on any atom is -0.458 e. The predicted octanol–water partition coefficient (Wildman–Crippen LogP) is 4.32. The average molecular weight is 548 g/mol. The van der Waals surface area contributed by atoms with E-state index in [1.807, 2.05) is 24.3 Å². The molecular weight excluding hydrogens is 519 g/mol. The number of anilines is 1. The number of carbonyl (C=O) groups excluding carboxylic acids is 2. The molecule has 3 atom stereocenters. The van der Waals surface area contributed by atoms with Crippen molar-refractivity contribution in [3.8, 4) is 11.8 Å². The van der Waals surface area contributed by atoms with E-state index in [4.69, 9.17) is 4.74 Å². The third-order valence-electron chi connectivity index (χ3n) is 6.39. The Labute approximate surface area is 228 Å². The zero-order valence-corrected chi connectivity index (χ0v) is 22.4. The number of benzene rings is 3. The average Bonchev–Trinajstić information content (AvgIpc) is 2.90. The van der Waals surface area contributed by atoms with Crippen LogP contribution in [0.25, 0.3) is 0 Å². The first-order chi connectivity index (χ1) is 18.6. The van der Waals surface area contributed by atoms with Crippen molar-refractivity contribution in [2.24, 2.45) is 5.92 Å². The lowest BCUT2D eigenvalue weighted by molar-refractivity contribution is -0.147. The zero-order chi connectivity index (χ0) is 28.0. The van der Waals surface area contributed by atoms with Gasteiger partial charge in [0.2, 0.25) is 15.9 Å². The van der Waals surface area contributed by atoms with Crippen molar-refractivity contribution in [1.29, 1.82) is 0 Å². The summed E-state index contributed by atoms with van der Waals surface area (Å²) in [5, 5.41) is 0. The Morgan fingerprint density at radius 3 is 2.38 bits per heavy atom. The quantitative estimate of drug-likeness (QED) is 0.245. The zero-order valence-electron chi connectivity index (χ0n) is 21.6. The Morgan fingerprint density at radius 1 is 1.10 bits per heavy atom. The number of hydrogen-bond acceptors (Lipinski definition) is 5. The highest BCUT2D eigenvalue weighted by molar-refractivity contribution is 7.88. The number of amides is 1. The van der Waals surface area contributed by atoms with Crippen molar-refractivity contribution in [3.05, 3.63) is 101 Å². The third-order valence-corrected chi connectivity index (χ3v) is 7.06. The lowest BCUT2D eigenvalue weighted by Gasteiger charge is -2.48. The number of sulfonamides is 1. The summed E-state index contributed by atoms with van der Waals surface area (Å²) in [5.41, 5.74) is 3.03. The van der Waals surface area contributed by atoms with E-state index in [1.54, 1.807) is 41.3 Å². The van der Waals surface area contributed by atoms with E-state index in [0.717, 1.165) is 11.8 Å². The number of halogens is 1. The molecule has 0 aromatic heterocycles. The molecule has 201 valence electrons. The minimum atomic E-state index is -3.31. The number of hydrogen-bond donors (Lipinski definition) is 1. The molecule has 0 spiro atoms. The van der Waals surface area contributed by atoms with Gasteiger partial charge in [-0.15, -0.1) is 0 Å². The summed E-state index contributed by atoms with van der Waals surface area (Å²) >= 11 is 0. The van der Waals surface area contributed by atoms with Crippen molar-refractivity contribution >= 4 is 27.6 Å². The first-order valence-electron chi connectivity index (χ1n) is 12.4. The summed E-state index contributed by atoms with van der Waals surface area (Å²) in [6, 6.07) is 23.2. The molecule has 1 aliphatic heterocycles. The molecule has 1 saturated heterocycles. The molecule has 1 aliphatic rings. The SMILES string of the molecule is CC(=O)OC(CC[C@@H]1C(=O)N(c2ccc(C#CCNS(C)(=O)=O)cc2)C1c1cc[c]cc1)c1ccc(F)cc1. The Hall–Kier alpha value is -4.00. The molecule has 9 heteroatoms. The molecule has 1 radical (unpaired) electrons. The Morgan fingerprint density at radius 2 is 1.77 bits per heavy atom. The van der Waals surface area contributed by atoms with Gasteiger partial charge in [0, 0.05) is 18.2 Å². The summed E-state index contributed by atoms with van der Waals surface area (Å²) in [7, 11) is -3.31. The van der Waals surface area contributed by atoms with Crippen LogP contribution in [0.5, 0.6) is 0 Å². The highest BCUT2D eigenvalue weighted by Gasteiger charge is 2.48. The van der Waals surface area contributed by atoms with Crippen LogP contribution in [-0.2, 0) is 24.3 Å². The van der Waals surface area contributed by atoms with Crippen LogP contribution in [0.1, 0.15) is 48.6 Å². The fraction of sp³-hybridized carbons (Fsp3) is 0.267. The van der Waals surface area contributed by atoms with Crippen LogP contribution >= 0.6 is 0 Å². The van der Waals surface area contributed by atoms with E-state index in [1.165, 1.54) is 19.1 Å². The lowest BCUT2D eigenvalue weighted by atomic mass is 9.78. The second-order valence-electron chi connectivity index (χ2n) is 9.26. The van der Waals surface area contributed by atoms with Gasteiger partial charge in [0.25, 0.3) is 0 Å². The van der Waals surface area contributed by atoms with Gasteiger partial charge in [0.15, 0.2) is 0 Å². The van der Waals surface area contributed by atoms with Crippen LogP contribution < -0.4 is 9.62 Å². The molecular formula is C30H28FN2O5S. The molecule has 1 N–H and O–H groups in total. The molecule has 1 heterocycles. The fourth-order valence-corrected chi connectivity index (χ4v) is 4.95. The highest BCUT2D eigenvalue weighted by Crippen LogP contribution is 2.46. The molecule has 1 amide bonds. The Balaban J connectivity index is 1.51. The molecule has 0 bridgehead atoms. The van der Waals surface area contributed by atoms with Crippen LogP contribution in [-0.4, -0.2) is 33.1 Å². The number of rotatable bonds is 9. The summed E-state index contributed by atoms with van der Waals surface area (Å²) in [6.07, 6.45) is 1.34. The van der Waals surface area contributed by atoms with Crippen LogP contribution in [0.15, 0.2) is 72.8 Å². The van der Waals surface area contributed by atoms with Crippen molar-refractivity contribution in [1.82, 2.24) is 4.72 Å². The monoisotopic (exact) mass is 547 g/mol. The van der Waals surface area contributed by atoms with Gasteiger partial charge in [0.1, 0.15) is 11.9 Å². The van der Waals surface area contributed by atoms with Gasteiger partial charge in [-0.1, -0.05) is 48.2 Å². The predicted molar refractivity (Wildman–Crippen MR) is 145 cm³/mol. The lowest BCUT2D eigenvalue weighted by Crippen LogP contribution is -2.55. The van der Waals surface area contributed by atoms with Crippen LogP contribution in [0.2, 0.25) is 0 Å². The molecule has 7 nitrogen and oxygen atoms in total. The van der Waals surface area contributed by atoms with Crippen molar-refractivity contribution in [2.75, 3.05) is 17.7 Å². The van der Waals surface area contributed by atoms with Crippen molar-refractivity contribution in [2.45, 2.75) is 31.9 Å². The van der Waals surface area contributed by atoms with Crippen molar-refractivity contribution in [3.63, 3.8) is 0 Å². The molecule has 0 aliphatic carbocycles. The topological polar surface area (TPSA) is 92.8 Å². The maximum absolute atomic E-state index is 13.4. The summed E-state index contributed by atoms with van der Waals surface area (Å²) in [4.78, 5) is 26.9. The van der Waals surface area contributed by atoms with Crippen LogP contribution in [0.3, 0.4) is 0 Å². The summed E-state index contributed by atoms with van der Waals surface area (Å²) < 4.78 is 43.6. The fourth-order valence-electron chi connectivity index (χ4n) is 4.62. The number of nitrogens with one attached hydrogen (secondary N) is 1. The van der Waals surface area contributed by atoms with Gasteiger partial charge in [-0.25, -0.2) is 17.5 Å². The van der Waals surface area contributed by atoms with E-state index in [9.17, 15) is 22.4 Å². The number of β-lactam (4-membered cyclic amide) rings is 1. The van der Waals surface area contributed by atoms with E-state index in [-0.39, 0.29) is 30.2 Å². The van der Waals surface area contributed by atoms with Gasteiger partial charge < -0.3 is 9.64 Å². The van der Waals surface area contributed by atoms with E-state index in [2.05, 4.69) is 22.6 Å². The molecule has 39 heavy (non-hydrogen) atoms. The highest BCUT2D eigenvalue weighted by atomic mass is 32.2. The second-order valence-corrected chi connectivity index (χ2v) is 11.1. The summed E-state index contributed by atoms with van der Waals surface area (Å²) in [6.45, 7) is 1.33. The normalized spacial score (nSPS) is 17.5. The Bertz CT molecular complexity index is 1480. The number of nitrogens with zero attached hydrogens (tertiary/aromatic N) is 1. The maximum atomic E-state index is 13.4. The second kappa shape index (κ2) is 12.2. The van der Waals surface area contributed by atoms with Gasteiger partial charge in [-0.3, -0.25) is 9.59 Å². The van der Waals surface area contributed by atoms with E-state index in [0.29, 0.717) is 29.7 Å². The first kappa shape index (κ1) is 28.0. The standard InChI is InChI=1S/C30H28FN2O5S/c1-21(34)38-28(23-12-14-25(31)15-13-23)19-18-27-29(24-8-4-3-5-9-24)33(30(27)35)26-16-10-22(11-17-26)7-6-20-32-39(2,36)37/h4-5,8-17,27-29,32H,18-20H2,1-2H3/t27-,28?,29?/m0/s1. The molecule has 3 aromatic rings. The molecule has 1 fully saturated rings. The first-order valence-corrected chi connectivity index (χ1v) is 14.3. The summed E-state index contributed by atoms with van der Waals surface area (Å²) in [5.74, 6) is 4.44. The largest absolute Gasteiger partial charge is 0.458 e. The van der Waals surface area contributed by atoms with Crippen molar-refractivity contribution < 1.29 is 27.1 Å². The van der Waals surface area contributed by atoms with Crippen LogP contribution in [0.4, 0.5) is 10.1 Å². The van der Waals surface area contributed by atoms with Gasteiger partial charge in [0.05, 0.1) is 24.8 Å². The van der Waals surface area contributed by atoms with E-state index < -0.39 is 22.1 Å². The maximum Gasteiger partial charge on any atom is 0.303 e. The smallest absolute Gasteiger partial charge is 0.303 e. The van der Waals surface area contributed by atoms with E-state index >= 15 is 0 Å². The molecule has 3 aromatic carbocycles. The van der Waals surface area contributed by atoms with Crippen LogP contribution in [0, 0.1) is 29.6 Å². The third kappa shape index (κ3) is 7.31.